The van der Waals surface area contributed by atoms with Gasteiger partial charge in [0, 0.05) is 24.3 Å². The van der Waals surface area contributed by atoms with E-state index < -0.39 is 0 Å². The van der Waals surface area contributed by atoms with Crippen LogP contribution in [0.25, 0.3) is 10.8 Å². The third kappa shape index (κ3) is 3.00. The number of hydrogen-bond donors (Lipinski definition) is 1. The molecule has 116 valence electrons. The van der Waals surface area contributed by atoms with E-state index >= 15 is 0 Å². The van der Waals surface area contributed by atoms with Gasteiger partial charge in [-0.2, -0.15) is 0 Å². The topological polar surface area (TPSA) is 40.5 Å². The van der Waals surface area contributed by atoms with E-state index in [2.05, 4.69) is 30.1 Å². The van der Waals surface area contributed by atoms with Crippen molar-refractivity contribution in [1.82, 2.24) is 0 Å². The largest absolute Gasteiger partial charge is 0.393 e. The van der Waals surface area contributed by atoms with Crippen molar-refractivity contribution in [3.63, 3.8) is 0 Å². The quantitative estimate of drug-likeness (QED) is 0.876. The lowest BCUT2D eigenvalue weighted by molar-refractivity contribution is 0.101. The fraction of sp³-hybridized carbons (Fsp3) is 0.421. The number of nitrogens with zero attached hydrogens (tertiary/aromatic N) is 1. The third-order valence-corrected chi connectivity index (χ3v) is 4.85. The molecule has 0 aromatic heterocycles. The Labute approximate surface area is 131 Å². The summed E-state index contributed by atoms with van der Waals surface area (Å²) in [6.45, 7) is 1.60. The molecule has 22 heavy (non-hydrogen) atoms. The van der Waals surface area contributed by atoms with Crippen molar-refractivity contribution in [2.45, 2.75) is 44.8 Å². The van der Waals surface area contributed by atoms with Crippen LogP contribution in [0.5, 0.6) is 0 Å². The van der Waals surface area contributed by atoms with E-state index in [1.165, 1.54) is 5.69 Å². The Balaban J connectivity index is 1.85. The maximum absolute atomic E-state index is 11.5. The van der Waals surface area contributed by atoms with Gasteiger partial charge in [-0.25, -0.2) is 0 Å². The zero-order valence-electron chi connectivity index (χ0n) is 13.2. The minimum atomic E-state index is -0.119. The number of ketones is 1. The highest BCUT2D eigenvalue weighted by atomic mass is 16.3. The van der Waals surface area contributed by atoms with Gasteiger partial charge in [-0.1, -0.05) is 18.2 Å². The molecule has 3 nitrogen and oxygen atoms in total. The van der Waals surface area contributed by atoms with Crippen LogP contribution in [0.3, 0.4) is 0 Å². The number of carbonyl (C=O) groups is 1. The number of hydrogen-bond acceptors (Lipinski definition) is 3. The molecule has 0 amide bonds. The Morgan fingerprint density at radius 1 is 1.05 bits per heavy atom. The Bertz CT molecular complexity index is 687. The molecule has 1 fully saturated rings. The highest BCUT2D eigenvalue weighted by molar-refractivity contribution is 5.99. The predicted octanol–water partition coefficient (Wildman–Crippen LogP) is 3.78. The molecule has 3 rings (SSSR count). The molecule has 0 heterocycles. The number of Topliss-reactive ketones (excluding diaryl/α,β-unsaturated/α-hetero) is 1. The summed E-state index contributed by atoms with van der Waals surface area (Å²) in [5.74, 6) is 0.101. The van der Waals surface area contributed by atoms with Crippen LogP contribution in [-0.2, 0) is 0 Å². The van der Waals surface area contributed by atoms with Crippen LogP contribution in [0, 0.1) is 0 Å². The summed E-state index contributed by atoms with van der Waals surface area (Å²) < 4.78 is 0. The Hall–Kier alpha value is -1.87. The highest BCUT2D eigenvalue weighted by Gasteiger charge is 2.22. The molecule has 0 aliphatic heterocycles. The number of fused-ring (bicyclic) bond motifs is 1. The Kier molecular flexibility index (Phi) is 4.16. The molecular weight excluding hydrogens is 274 g/mol. The summed E-state index contributed by atoms with van der Waals surface area (Å²) in [7, 11) is 2.13. The molecule has 0 spiro atoms. The molecule has 1 saturated carbocycles. The SMILES string of the molecule is CC(=O)c1ccc2cc(N(C)C3CCC(O)CC3)ccc2c1. The number of benzene rings is 2. The van der Waals surface area contributed by atoms with Gasteiger partial charge in [0.2, 0.25) is 0 Å². The van der Waals surface area contributed by atoms with Gasteiger partial charge in [-0.3, -0.25) is 4.79 Å². The first-order valence-electron chi connectivity index (χ1n) is 8.00. The first-order valence-corrected chi connectivity index (χ1v) is 8.00. The van der Waals surface area contributed by atoms with Gasteiger partial charge in [0.05, 0.1) is 6.10 Å². The molecule has 0 saturated heterocycles. The summed E-state index contributed by atoms with van der Waals surface area (Å²) in [5, 5.41) is 11.9. The van der Waals surface area contributed by atoms with Gasteiger partial charge >= 0.3 is 0 Å². The molecule has 0 bridgehead atoms. The van der Waals surface area contributed by atoms with Crippen LogP contribution in [0.1, 0.15) is 43.0 Å². The Morgan fingerprint density at radius 3 is 2.36 bits per heavy atom. The predicted molar refractivity (Wildman–Crippen MR) is 90.6 cm³/mol. The van der Waals surface area contributed by atoms with Crippen molar-refractivity contribution in [1.29, 1.82) is 0 Å². The molecule has 0 unspecified atom stereocenters. The van der Waals surface area contributed by atoms with E-state index in [0.717, 1.165) is 42.0 Å². The van der Waals surface area contributed by atoms with Crippen LogP contribution in [0.2, 0.25) is 0 Å². The average molecular weight is 297 g/mol. The van der Waals surface area contributed by atoms with E-state index in [4.69, 9.17) is 0 Å². The maximum atomic E-state index is 11.5. The zero-order chi connectivity index (χ0) is 15.7. The molecule has 1 aliphatic rings. The molecule has 2 aromatic carbocycles. The van der Waals surface area contributed by atoms with Crippen molar-refractivity contribution < 1.29 is 9.90 Å². The second-order valence-corrected chi connectivity index (χ2v) is 6.38. The fourth-order valence-corrected chi connectivity index (χ4v) is 3.33. The summed E-state index contributed by atoms with van der Waals surface area (Å²) >= 11 is 0. The van der Waals surface area contributed by atoms with Crippen molar-refractivity contribution in [2.75, 3.05) is 11.9 Å². The molecule has 0 atom stereocenters. The zero-order valence-corrected chi connectivity index (χ0v) is 13.2. The Morgan fingerprint density at radius 2 is 1.68 bits per heavy atom. The molecular formula is C19H23NO2. The second-order valence-electron chi connectivity index (χ2n) is 6.38. The van der Waals surface area contributed by atoms with E-state index in [1.807, 2.05) is 18.2 Å². The van der Waals surface area contributed by atoms with Gasteiger partial charge in [0.25, 0.3) is 0 Å². The molecule has 0 radical (unpaired) electrons. The van der Waals surface area contributed by atoms with Crippen LogP contribution >= 0.6 is 0 Å². The van der Waals surface area contributed by atoms with Gasteiger partial charge in [-0.15, -0.1) is 0 Å². The maximum Gasteiger partial charge on any atom is 0.159 e. The van der Waals surface area contributed by atoms with Crippen molar-refractivity contribution in [2.24, 2.45) is 0 Å². The summed E-state index contributed by atoms with van der Waals surface area (Å²) in [6, 6.07) is 12.8. The molecule has 1 aliphatic carbocycles. The normalized spacial score (nSPS) is 21.8. The molecule has 3 heteroatoms. The van der Waals surface area contributed by atoms with Crippen LogP contribution in [0.4, 0.5) is 5.69 Å². The van der Waals surface area contributed by atoms with Crippen molar-refractivity contribution in [3.05, 3.63) is 42.0 Å². The second kappa shape index (κ2) is 6.09. The molecule has 1 N–H and O–H groups in total. The number of aliphatic hydroxyl groups excluding tert-OH is 1. The van der Waals surface area contributed by atoms with E-state index in [1.54, 1.807) is 6.92 Å². The monoisotopic (exact) mass is 297 g/mol. The molecule has 2 aromatic rings. The lowest BCUT2D eigenvalue weighted by Gasteiger charge is -2.34. The van der Waals surface area contributed by atoms with E-state index in [-0.39, 0.29) is 11.9 Å². The van der Waals surface area contributed by atoms with Crippen molar-refractivity contribution in [3.8, 4) is 0 Å². The number of carbonyl (C=O) groups excluding carboxylic acids is 1. The summed E-state index contributed by atoms with van der Waals surface area (Å²) in [6.07, 6.45) is 3.75. The number of rotatable bonds is 3. The standard InChI is InChI=1S/C19H23NO2/c1-13(21)14-3-4-16-12-18(6-5-15(16)11-14)20(2)17-7-9-19(22)10-8-17/h3-6,11-12,17,19,22H,7-10H2,1-2H3. The van der Waals surface area contributed by atoms with Crippen LogP contribution in [-0.4, -0.2) is 30.1 Å². The van der Waals surface area contributed by atoms with Crippen LogP contribution in [0.15, 0.2) is 36.4 Å². The van der Waals surface area contributed by atoms with Gasteiger partial charge in [0.15, 0.2) is 5.78 Å². The first-order chi connectivity index (χ1) is 10.5. The van der Waals surface area contributed by atoms with Crippen LogP contribution < -0.4 is 4.90 Å². The average Bonchev–Trinajstić information content (AvgIpc) is 2.54. The number of anilines is 1. The fourth-order valence-electron chi connectivity index (χ4n) is 3.33. The lowest BCUT2D eigenvalue weighted by atomic mass is 9.92. The van der Waals surface area contributed by atoms with Gasteiger partial charge in [0.1, 0.15) is 0 Å². The van der Waals surface area contributed by atoms with Gasteiger partial charge < -0.3 is 10.0 Å². The number of aliphatic hydroxyl groups is 1. The third-order valence-electron chi connectivity index (χ3n) is 4.85. The smallest absolute Gasteiger partial charge is 0.159 e. The van der Waals surface area contributed by atoms with Gasteiger partial charge in [-0.05, 0) is 61.6 Å². The van der Waals surface area contributed by atoms with Crippen molar-refractivity contribution >= 4 is 22.2 Å². The van der Waals surface area contributed by atoms with E-state index in [0.29, 0.717) is 6.04 Å². The van der Waals surface area contributed by atoms with E-state index in [9.17, 15) is 9.90 Å². The minimum Gasteiger partial charge on any atom is -0.393 e. The minimum absolute atomic E-state index is 0.101. The summed E-state index contributed by atoms with van der Waals surface area (Å²) in [5.41, 5.74) is 1.96. The first kappa shape index (κ1) is 15.0. The highest BCUT2D eigenvalue weighted by Crippen LogP contribution is 2.29. The lowest BCUT2D eigenvalue weighted by Crippen LogP contribution is -2.36. The summed E-state index contributed by atoms with van der Waals surface area (Å²) in [4.78, 5) is 13.8.